The molecule has 3 fully saturated rings. The standard InChI is InChI=1S/C26H25ClN2O3/c1-13-10-14(2-7-20(13)27)3-8-21(30)15-4-9-22(28-12-15)29-25(31)23-16-5-6-17(19-11-18(16)19)24(23)26(29)32/h2,4-7,9-10,12,16-19,21,23-24,30H,3,8,11H2,1H3. The van der Waals surface area contributed by atoms with Crippen LogP contribution in [0.1, 0.15) is 35.6 Å². The van der Waals surface area contributed by atoms with Gasteiger partial charge in [-0.2, -0.15) is 0 Å². The highest BCUT2D eigenvalue weighted by Gasteiger charge is 2.67. The quantitative estimate of drug-likeness (QED) is 0.547. The number of carbonyl (C=O) groups is 2. The van der Waals surface area contributed by atoms with Gasteiger partial charge >= 0.3 is 0 Å². The van der Waals surface area contributed by atoms with Gasteiger partial charge in [-0.1, -0.05) is 42.0 Å². The summed E-state index contributed by atoms with van der Waals surface area (Å²) in [5.74, 6) is 1.27. The van der Waals surface area contributed by atoms with Crippen LogP contribution >= 0.6 is 11.6 Å². The molecule has 7 atom stereocenters. The number of rotatable bonds is 5. The molecule has 1 aromatic heterocycles. The highest BCUT2D eigenvalue weighted by Crippen LogP contribution is 2.65. The first-order chi connectivity index (χ1) is 15.4. The number of aliphatic hydroxyl groups is 1. The first-order valence-electron chi connectivity index (χ1n) is 11.4. The van der Waals surface area contributed by atoms with Crippen LogP contribution in [0.15, 0.2) is 48.7 Å². The number of carbonyl (C=O) groups excluding carboxylic acids is 2. The Labute approximate surface area is 192 Å². The Hall–Kier alpha value is -2.50. The van der Waals surface area contributed by atoms with Crippen molar-refractivity contribution in [3.63, 3.8) is 0 Å². The summed E-state index contributed by atoms with van der Waals surface area (Å²) >= 11 is 6.08. The number of halogens is 1. The van der Waals surface area contributed by atoms with Gasteiger partial charge in [0, 0.05) is 11.2 Å². The summed E-state index contributed by atoms with van der Waals surface area (Å²) in [6, 6.07) is 9.34. The van der Waals surface area contributed by atoms with Crippen molar-refractivity contribution in [2.75, 3.05) is 4.90 Å². The fourth-order valence-corrected chi connectivity index (χ4v) is 6.36. The van der Waals surface area contributed by atoms with Crippen LogP contribution in [0.3, 0.4) is 0 Å². The Morgan fingerprint density at radius 2 is 1.78 bits per heavy atom. The van der Waals surface area contributed by atoms with Crippen molar-refractivity contribution in [3.8, 4) is 0 Å². The maximum Gasteiger partial charge on any atom is 0.239 e. The summed E-state index contributed by atoms with van der Waals surface area (Å²) in [7, 11) is 0. The Morgan fingerprint density at radius 3 is 2.38 bits per heavy atom. The van der Waals surface area contributed by atoms with E-state index in [0.29, 0.717) is 36.1 Å². The van der Waals surface area contributed by atoms with E-state index in [4.69, 9.17) is 11.6 Å². The predicted octanol–water partition coefficient (Wildman–Crippen LogP) is 4.27. The number of anilines is 1. The molecule has 164 valence electrons. The molecular formula is C26H25ClN2O3. The highest BCUT2D eigenvalue weighted by molar-refractivity contribution is 6.31. The van der Waals surface area contributed by atoms with E-state index in [9.17, 15) is 14.7 Å². The summed E-state index contributed by atoms with van der Waals surface area (Å²) in [5, 5.41) is 11.4. The van der Waals surface area contributed by atoms with Gasteiger partial charge in [-0.25, -0.2) is 9.88 Å². The lowest BCUT2D eigenvalue weighted by Gasteiger charge is -2.37. The molecule has 2 amide bonds. The largest absolute Gasteiger partial charge is 0.388 e. The summed E-state index contributed by atoms with van der Waals surface area (Å²) in [4.78, 5) is 32.1. The van der Waals surface area contributed by atoms with Crippen LogP contribution in [-0.4, -0.2) is 21.9 Å². The van der Waals surface area contributed by atoms with E-state index < -0.39 is 6.10 Å². The number of hydrogen-bond donors (Lipinski definition) is 1. The van der Waals surface area contributed by atoms with E-state index >= 15 is 0 Å². The normalized spacial score (nSPS) is 32.8. The Balaban J connectivity index is 1.16. The molecular weight excluding hydrogens is 424 g/mol. The monoisotopic (exact) mass is 448 g/mol. The van der Waals surface area contributed by atoms with Crippen molar-refractivity contribution >= 4 is 29.2 Å². The van der Waals surface area contributed by atoms with Crippen LogP contribution in [0.25, 0.3) is 0 Å². The molecule has 1 aliphatic heterocycles. The second kappa shape index (κ2) is 7.26. The molecule has 2 aromatic rings. The third-order valence-electron chi connectivity index (χ3n) is 7.98. The minimum Gasteiger partial charge on any atom is -0.388 e. The fourth-order valence-electron chi connectivity index (χ4n) is 6.24. The number of nitrogens with zero attached hydrogens (tertiary/aromatic N) is 2. The number of imide groups is 1. The van der Waals surface area contributed by atoms with Gasteiger partial charge in [0.15, 0.2) is 0 Å². The third-order valence-corrected chi connectivity index (χ3v) is 8.40. The van der Waals surface area contributed by atoms with E-state index in [1.165, 1.54) is 4.90 Å². The molecule has 7 rings (SSSR count). The van der Waals surface area contributed by atoms with Gasteiger partial charge in [0.25, 0.3) is 0 Å². The molecule has 2 saturated carbocycles. The Morgan fingerprint density at radius 1 is 1.09 bits per heavy atom. The topological polar surface area (TPSA) is 70.5 Å². The summed E-state index contributed by atoms with van der Waals surface area (Å²) < 4.78 is 0. The molecule has 0 spiro atoms. The van der Waals surface area contributed by atoms with Crippen molar-refractivity contribution < 1.29 is 14.7 Å². The number of hydrogen-bond acceptors (Lipinski definition) is 4. The van der Waals surface area contributed by atoms with Crippen LogP contribution in [0.5, 0.6) is 0 Å². The number of allylic oxidation sites excluding steroid dienone is 2. The molecule has 1 saturated heterocycles. The molecule has 1 aromatic carbocycles. The minimum absolute atomic E-state index is 0.108. The molecule has 4 aliphatic carbocycles. The van der Waals surface area contributed by atoms with Gasteiger partial charge in [0.05, 0.1) is 17.9 Å². The van der Waals surface area contributed by atoms with Crippen molar-refractivity contribution in [2.45, 2.75) is 32.3 Å². The number of pyridine rings is 1. The van der Waals surface area contributed by atoms with Gasteiger partial charge in [0.2, 0.25) is 11.8 Å². The van der Waals surface area contributed by atoms with E-state index in [-0.39, 0.29) is 35.5 Å². The first kappa shape index (κ1) is 20.1. The molecule has 2 bridgehead atoms. The SMILES string of the molecule is Cc1cc(CCC(O)c2ccc(N3C(=O)C4C5C=CC(C6CC56)C4C3=O)nc2)ccc1Cl. The maximum atomic E-state index is 13.2. The average molecular weight is 449 g/mol. The summed E-state index contributed by atoms with van der Waals surface area (Å²) in [5.41, 5.74) is 2.82. The Bertz CT molecular complexity index is 1110. The predicted molar refractivity (Wildman–Crippen MR) is 121 cm³/mol. The molecule has 5 aliphatic rings. The smallest absolute Gasteiger partial charge is 0.239 e. The fraction of sp³-hybridized carbons (Fsp3) is 0.423. The van der Waals surface area contributed by atoms with Crippen LogP contribution < -0.4 is 4.90 Å². The van der Waals surface area contributed by atoms with Gasteiger partial charge < -0.3 is 5.11 Å². The van der Waals surface area contributed by atoms with Crippen molar-refractivity contribution in [3.05, 3.63) is 70.4 Å². The molecule has 32 heavy (non-hydrogen) atoms. The van der Waals surface area contributed by atoms with Crippen molar-refractivity contribution in [2.24, 2.45) is 35.5 Å². The van der Waals surface area contributed by atoms with E-state index in [1.54, 1.807) is 18.3 Å². The summed E-state index contributed by atoms with van der Waals surface area (Å²) in [6.07, 6.45) is 7.66. The third kappa shape index (κ3) is 2.98. The zero-order valence-corrected chi connectivity index (χ0v) is 18.6. The zero-order valence-electron chi connectivity index (χ0n) is 17.8. The maximum absolute atomic E-state index is 13.2. The van der Waals surface area contributed by atoms with Crippen molar-refractivity contribution in [1.29, 1.82) is 0 Å². The number of aliphatic hydroxyl groups excluding tert-OH is 1. The van der Waals surface area contributed by atoms with Crippen LogP contribution in [0, 0.1) is 42.4 Å². The zero-order chi connectivity index (χ0) is 22.1. The van der Waals surface area contributed by atoms with E-state index in [1.807, 2.05) is 25.1 Å². The highest BCUT2D eigenvalue weighted by atomic mass is 35.5. The molecule has 5 nitrogen and oxygen atoms in total. The van der Waals surface area contributed by atoms with Gasteiger partial charge in [-0.3, -0.25) is 9.59 Å². The average Bonchev–Trinajstić information content (AvgIpc) is 3.58. The molecule has 1 N–H and O–H groups in total. The van der Waals surface area contributed by atoms with Gasteiger partial charge in [-0.15, -0.1) is 0 Å². The lowest BCUT2D eigenvalue weighted by Crippen LogP contribution is -2.40. The van der Waals surface area contributed by atoms with Crippen LogP contribution in [0.2, 0.25) is 5.02 Å². The van der Waals surface area contributed by atoms with Crippen LogP contribution in [-0.2, 0) is 16.0 Å². The number of amides is 2. The first-order valence-corrected chi connectivity index (χ1v) is 11.8. The Kier molecular flexibility index (Phi) is 4.57. The molecule has 7 unspecified atom stereocenters. The van der Waals surface area contributed by atoms with Crippen molar-refractivity contribution in [1.82, 2.24) is 4.98 Å². The lowest BCUT2D eigenvalue weighted by molar-refractivity contribution is -0.124. The number of aryl methyl sites for hydroxylation is 2. The number of aromatic nitrogens is 1. The summed E-state index contributed by atoms with van der Waals surface area (Å²) in [6.45, 7) is 1.96. The minimum atomic E-state index is -0.674. The second-order valence-electron chi connectivity index (χ2n) is 9.75. The number of benzene rings is 1. The molecule has 0 radical (unpaired) electrons. The van der Waals surface area contributed by atoms with Crippen LogP contribution in [0.4, 0.5) is 5.82 Å². The van der Waals surface area contributed by atoms with E-state index in [0.717, 1.165) is 22.6 Å². The lowest BCUT2D eigenvalue weighted by atomic mass is 9.63. The molecule has 2 heterocycles. The van der Waals surface area contributed by atoms with Gasteiger partial charge in [-0.05, 0) is 78.7 Å². The second-order valence-corrected chi connectivity index (χ2v) is 10.2. The van der Waals surface area contributed by atoms with Gasteiger partial charge in [0.1, 0.15) is 5.82 Å². The molecule has 6 heteroatoms. The van der Waals surface area contributed by atoms with E-state index in [2.05, 4.69) is 17.1 Å².